The summed E-state index contributed by atoms with van der Waals surface area (Å²) in [6.45, 7) is 2.45. The zero-order chi connectivity index (χ0) is 12.8. The molecule has 1 fully saturated rings. The van der Waals surface area contributed by atoms with Crippen molar-refractivity contribution >= 4 is 5.91 Å². The molecule has 0 bridgehead atoms. The third kappa shape index (κ3) is 3.23. The fraction of sp³-hybridized carbons (Fsp3) is 0.500. The Bertz CT molecular complexity index is 401. The van der Waals surface area contributed by atoms with Gasteiger partial charge in [0.25, 0.3) is 5.91 Å². The highest BCUT2D eigenvalue weighted by molar-refractivity contribution is 5.78. The van der Waals surface area contributed by atoms with Gasteiger partial charge in [-0.05, 0) is 37.4 Å². The van der Waals surface area contributed by atoms with E-state index in [1.807, 2.05) is 29.2 Å². The monoisotopic (exact) mass is 248 g/mol. The zero-order valence-corrected chi connectivity index (χ0v) is 10.6. The van der Waals surface area contributed by atoms with E-state index in [0.717, 1.165) is 43.7 Å². The first-order chi connectivity index (χ1) is 8.81. The average Bonchev–Trinajstić information content (AvgIpc) is 2.92. The zero-order valence-electron chi connectivity index (χ0n) is 10.6. The largest absolute Gasteiger partial charge is 0.483 e. The second kappa shape index (κ2) is 6.40. The maximum atomic E-state index is 11.9. The number of rotatable bonds is 5. The number of nitrogens with zero attached hydrogens (tertiary/aromatic N) is 1. The molecule has 2 rings (SSSR count). The van der Waals surface area contributed by atoms with Gasteiger partial charge in [-0.25, -0.2) is 0 Å². The molecule has 1 aliphatic rings. The molecule has 1 aromatic rings. The van der Waals surface area contributed by atoms with E-state index in [4.69, 9.17) is 10.5 Å². The van der Waals surface area contributed by atoms with Gasteiger partial charge in [-0.15, -0.1) is 0 Å². The van der Waals surface area contributed by atoms with Crippen molar-refractivity contribution in [1.82, 2.24) is 4.90 Å². The van der Waals surface area contributed by atoms with Crippen molar-refractivity contribution in [2.45, 2.75) is 19.3 Å². The number of likely N-dealkylation sites (tertiary alicyclic amines) is 1. The summed E-state index contributed by atoms with van der Waals surface area (Å²) in [6.07, 6.45) is 2.99. The van der Waals surface area contributed by atoms with Crippen molar-refractivity contribution in [3.05, 3.63) is 29.8 Å². The van der Waals surface area contributed by atoms with E-state index in [0.29, 0.717) is 6.54 Å². The van der Waals surface area contributed by atoms with Gasteiger partial charge in [-0.3, -0.25) is 4.79 Å². The van der Waals surface area contributed by atoms with Gasteiger partial charge in [-0.2, -0.15) is 0 Å². The van der Waals surface area contributed by atoms with Crippen LogP contribution in [0.4, 0.5) is 0 Å². The van der Waals surface area contributed by atoms with Crippen molar-refractivity contribution < 1.29 is 9.53 Å². The molecule has 0 atom stereocenters. The summed E-state index contributed by atoms with van der Waals surface area (Å²) in [6, 6.07) is 7.75. The lowest BCUT2D eigenvalue weighted by molar-refractivity contribution is -0.132. The summed E-state index contributed by atoms with van der Waals surface area (Å²) in [5.41, 5.74) is 6.62. The third-order valence-electron chi connectivity index (χ3n) is 3.20. The first-order valence-corrected chi connectivity index (χ1v) is 6.50. The number of amides is 1. The Morgan fingerprint density at radius 2 is 2.00 bits per heavy atom. The van der Waals surface area contributed by atoms with Crippen LogP contribution in [0.1, 0.15) is 18.4 Å². The summed E-state index contributed by atoms with van der Waals surface area (Å²) < 4.78 is 5.62. The molecule has 1 heterocycles. The lowest BCUT2D eigenvalue weighted by Gasteiger charge is -2.16. The molecule has 4 heteroatoms. The van der Waals surface area contributed by atoms with Crippen molar-refractivity contribution in [2.24, 2.45) is 5.73 Å². The Balaban J connectivity index is 1.90. The van der Waals surface area contributed by atoms with Crippen LogP contribution in [0, 0.1) is 0 Å². The highest BCUT2D eigenvalue weighted by atomic mass is 16.5. The highest BCUT2D eigenvalue weighted by Crippen LogP contribution is 2.18. The summed E-state index contributed by atoms with van der Waals surface area (Å²) in [7, 11) is 0. The SMILES string of the molecule is NCCc1ccccc1OCC(=O)N1CCCC1. The van der Waals surface area contributed by atoms with Gasteiger partial charge in [-0.1, -0.05) is 18.2 Å². The molecule has 0 spiro atoms. The van der Waals surface area contributed by atoms with Crippen LogP contribution in [-0.2, 0) is 11.2 Å². The van der Waals surface area contributed by atoms with Crippen molar-refractivity contribution in [3.8, 4) is 5.75 Å². The molecule has 18 heavy (non-hydrogen) atoms. The lowest BCUT2D eigenvalue weighted by atomic mass is 10.1. The summed E-state index contributed by atoms with van der Waals surface area (Å²) in [5.74, 6) is 0.852. The minimum absolute atomic E-state index is 0.0788. The molecule has 98 valence electrons. The molecule has 4 nitrogen and oxygen atoms in total. The topological polar surface area (TPSA) is 55.6 Å². The van der Waals surface area contributed by atoms with Gasteiger partial charge in [0.2, 0.25) is 0 Å². The highest BCUT2D eigenvalue weighted by Gasteiger charge is 2.18. The number of ether oxygens (including phenoxy) is 1. The number of carbonyl (C=O) groups is 1. The number of carbonyl (C=O) groups excluding carboxylic acids is 1. The number of nitrogens with two attached hydrogens (primary N) is 1. The second-order valence-corrected chi connectivity index (χ2v) is 4.52. The van der Waals surface area contributed by atoms with Crippen LogP contribution >= 0.6 is 0 Å². The van der Waals surface area contributed by atoms with E-state index in [1.165, 1.54) is 0 Å². The van der Waals surface area contributed by atoms with E-state index < -0.39 is 0 Å². The molecule has 0 radical (unpaired) electrons. The van der Waals surface area contributed by atoms with Gasteiger partial charge < -0.3 is 15.4 Å². The fourth-order valence-corrected chi connectivity index (χ4v) is 2.20. The molecular weight excluding hydrogens is 228 g/mol. The molecule has 0 aromatic heterocycles. The summed E-state index contributed by atoms with van der Waals surface area (Å²) >= 11 is 0. The molecule has 2 N–H and O–H groups in total. The van der Waals surface area contributed by atoms with Crippen LogP contribution in [0.3, 0.4) is 0 Å². The Kier molecular flexibility index (Phi) is 4.59. The standard InChI is InChI=1S/C14H20N2O2/c15-8-7-12-5-1-2-6-13(12)18-11-14(17)16-9-3-4-10-16/h1-2,5-6H,3-4,7-11,15H2. The Morgan fingerprint density at radius 1 is 1.28 bits per heavy atom. The van der Waals surface area contributed by atoms with Gasteiger partial charge in [0.05, 0.1) is 0 Å². The quantitative estimate of drug-likeness (QED) is 0.851. The van der Waals surface area contributed by atoms with Crippen LogP contribution in [0.15, 0.2) is 24.3 Å². The molecule has 1 aromatic carbocycles. The van der Waals surface area contributed by atoms with E-state index in [1.54, 1.807) is 0 Å². The van der Waals surface area contributed by atoms with Crippen molar-refractivity contribution in [2.75, 3.05) is 26.2 Å². The Morgan fingerprint density at radius 3 is 2.72 bits per heavy atom. The van der Waals surface area contributed by atoms with Gasteiger partial charge >= 0.3 is 0 Å². The summed E-state index contributed by atoms with van der Waals surface area (Å²) in [5, 5.41) is 0. The number of para-hydroxylation sites is 1. The minimum Gasteiger partial charge on any atom is -0.483 e. The molecular formula is C14H20N2O2. The van der Waals surface area contributed by atoms with E-state index in [9.17, 15) is 4.79 Å². The van der Waals surface area contributed by atoms with Crippen molar-refractivity contribution in [3.63, 3.8) is 0 Å². The first kappa shape index (κ1) is 12.9. The van der Waals surface area contributed by atoms with Crippen LogP contribution in [0.5, 0.6) is 5.75 Å². The smallest absolute Gasteiger partial charge is 0.260 e. The van der Waals surface area contributed by atoms with Gasteiger partial charge in [0, 0.05) is 13.1 Å². The molecule has 0 unspecified atom stereocenters. The van der Waals surface area contributed by atoms with E-state index in [2.05, 4.69) is 0 Å². The van der Waals surface area contributed by atoms with Crippen molar-refractivity contribution in [1.29, 1.82) is 0 Å². The summed E-state index contributed by atoms with van der Waals surface area (Å²) in [4.78, 5) is 13.7. The maximum Gasteiger partial charge on any atom is 0.260 e. The minimum atomic E-state index is 0.0788. The predicted molar refractivity (Wildman–Crippen MR) is 70.5 cm³/mol. The molecule has 0 aliphatic carbocycles. The average molecular weight is 248 g/mol. The van der Waals surface area contributed by atoms with Gasteiger partial charge in [0.1, 0.15) is 5.75 Å². The van der Waals surface area contributed by atoms with Crippen LogP contribution < -0.4 is 10.5 Å². The Hall–Kier alpha value is -1.55. The van der Waals surface area contributed by atoms with E-state index in [-0.39, 0.29) is 12.5 Å². The molecule has 0 saturated carbocycles. The third-order valence-corrected chi connectivity index (χ3v) is 3.20. The molecule has 1 saturated heterocycles. The number of benzene rings is 1. The van der Waals surface area contributed by atoms with Crippen LogP contribution in [-0.4, -0.2) is 37.0 Å². The maximum absolute atomic E-state index is 11.9. The second-order valence-electron chi connectivity index (χ2n) is 4.52. The normalized spacial score (nSPS) is 14.8. The number of hydrogen-bond donors (Lipinski definition) is 1. The number of hydrogen-bond acceptors (Lipinski definition) is 3. The van der Waals surface area contributed by atoms with Crippen LogP contribution in [0.25, 0.3) is 0 Å². The first-order valence-electron chi connectivity index (χ1n) is 6.50. The van der Waals surface area contributed by atoms with Crippen LogP contribution in [0.2, 0.25) is 0 Å². The van der Waals surface area contributed by atoms with Gasteiger partial charge in [0.15, 0.2) is 6.61 Å². The molecule has 1 aliphatic heterocycles. The predicted octanol–water partition coefficient (Wildman–Crippen LogP) is 1.19. The lowest BCUT2D eigenvalue weighted by Crippen LogP contribution is -2.32. The Labute approximate surface area is 108 Å². The van der Waals surface area contributed by atoms with E-state index >= 15 is 0 Å². The molecule has 1 amide bonds. The fourth-order valence-electron chi connectivity index (χ4n) is 2.20.